The molecular weight excluding hydrogens is 543 g/mol. The third-order valence-electron chi connectivity index (χ3n) is 7.71. The first kappa shape index (κ1) is 26.3. The molecule has 0 unspecified atom stereocenters. The lowest BCUT2D eigenvalue weighted by Crippen LogP contribution is -2.51. The Bertz CT molecular complexity index is 1710. The molecule has 0 N–H and O–H groups in total. The van der Waals surface area contributed by atoms with Crippen molar-refractivity contribution in [3.63, 3.8) is 0 Å². The van der Waals surface area contributed by atoms with E-state index >= 15 is 0 Å². The van der Waals surface area contributed by atoms with Crippen molar-refractivity contribution < 1.29 is 26.4 Å². The van der Waals surface area contributed by atoms with Crippen molar-refractivity contribution in [1.82, 2.24) is 19.3 Å². The van der Waals surface area contributed by atoms with Crippen LogP contribution in [0.15, 0.2) is 73.4 Å². The molecule has 12 heteroatoms. The molecule has 2 aliphatic heterocycles. The smallest absolute Gasteiger partial charge is 0.304 e. The second-order valence-electron chi connectivity index (χ2n) is 10.0. The number of carbonyl (C=O) groups is 1. The average Bonchev–Trinajstić information content (AvgIpc) is 3.15. The summed E-state index contributed by atoms with van der Waals surface area (Å²) < 4.78 is 64.3. The number of aromatic nitrogens is 3. The molecule has 40 heavy (non-hydrogen) atoms. The van der Waals surface area contributed by atoms with E-state index in [9.17, 15) is 26.4 Å². The van der Waals surface area contributed by atoms with E-state index in [0.29, 0.717) is 16.9 Å². The summed E-state index contributed by atoms with van der Waals surface area (Å²) >= 11 is 0. The summed E-state index contributed by atoms with van der Waals surface area (Å²) in [5.74, 6) is -2.16. The van der Waals surface area contributed by atoms with Gasteiger partial charge in [0.2, 0.25) is 15.9 Å². The van der Waals surface area contributed by atoms with Gasteiger partial charge >= 0.3 is 6.18 Å². The maximum Gasteiger partial charge on any atom is 0.404 e. The number of fused-ring (bicyclic) bond motifs is 3. The van der Waals surface area contributed by atoms with Crippen LogP contribution in [0.3, 0.4) is 0 Å². The van der Waals surface area contributed by atoms with Crippen molar-refractivity contribution in [2.45, 2.75) is 31.0 Å². The van der Waals surface area contributed by atoms with Gasteiger partial charge < -0.3 is 4.90 Å². The van der Waals surface area contributed by atoms with Gasteiger partial charge in [0.15, 0.2) is 5.75 Å². The highest BCUT2D eigenvalue weighted by molar-refractivity contribution is 7.89. The van der Waals surface area contributed by atoms with Crippen LogP contribution in [0, 0.1) is 0 Å². The van der Waals surface area contributed by atoms with Gasteiger partial charge in [-0.3, -0.25) is 19.7 Å². The summed E-state index contributed by atoms with van der Waals surface area (Å²) in [6.07, 6.45) is 3.64. The number of anilines is 1. The molecule has 2 aliphatic rings. The molecule has 5 heterocycles. The second kappa shape index (κ2) is 9.63. The maximum atomic E-state index is 14.2. The molecule has 0 radical (unpaired) electrons. The van der Waals surface area contributed by atoms with Gasteiger partial charge in [-0.25, -0.2) is 12.7 Å². The summed E-state index contributed by atoms with van der Waals surface area (Å²) in [6, 6.07) is 13.3. The molecule has 1 amide bonds. The SMILES string of the molecule is O=C1N(Cc2ncc3ccccc3c2-c2cccnc2)c2cnccc2C12CCN(S(=O)(=O)CC(F)(F)F)CC2. The molecule has 1 aromatic carbocycles. The number of piperidine rings is 1. The summed E-state index contributed by atoms with van der Waals surface area (Å²) in [7, 11) is -4.55. The number of nitrogens with zero attached hydrogens (tertiary/aromatic N) is 5. The predicted molar refractivity (Wildman–Crippen MR) is 143 cm³/mol. The number of alkyl halides is 3. The van der Waals surface area contributed by atoms with Crippen molar-refractivity contribution in [2.75, 3.05) is 23.7 Å². The van der Waals surface area contributed by atoms with Crippen molar-refractivity contribution in [3.8, 4) is 11.1 Å². The van der Waals surface area contributed by atoms with Crippen molar-refractivity contribution in [1.29, 1.82) is 0 Å². The Balaban J connectivity index is 1.36. The number of rotatable bonds is 5. The fourth-order valence-corrected chi connectivity index (χ4v) is 7.22. The van der Waals surface area contributed by atoms with E-state index in [2.05, 4.69) is 9.97 Å². The van der Waals surface area contributed by atoms with E-state index in [1.807, 2.05) is 36.4 Å². The molecule has 0 aliphatic carbocycles. The normalized spacial score (nSPS) is 17.5. The molecule has 0 atom stereocenters. The molecule has 3 aromatic heterocycles. The van der Waals surface area contributed by atoms with Gasteiger partial charge in [-0.15, -0.1) is 0 Å². The Kier molecular flexibility index (Phi) is 6.34. The lowest BCUT2D eigenvalue weighted by Gasteiger charge is -2.38. The van der Waals surface area contributed by atoms with Crippen molar-refractivity contribution in [3.05, 3.63) is 84.7 Å². The highest BCUT2D eigenvalue weighted by Gasteiger charge is 2.53. The van der Waals surface area contributed by atoms with E-state index in [0.717, 1.165) is 26.2 Å². The molecule has 1 fully saturated rings. The Labute approximate surface area is 228 Å². The van der Waals surface area contributed by atoms with Gasteiger partial charge in [0, 0.05) is 54.4 Å². The highest BCUT2D eigenvalue weighted by Crippen LogP contribution is 2.49. The molecule has 0 saturated carbocycles. The van der Waals surface area contributed by atoms with Crippen LogP contribution in [-0.2, 0) is 26.8 Å². The first-order valence-corrected chi connectivity index (χ1v) is 14.3. The number of amides is 1. The molecule has 1 spiro atoms. The fourth-order valence-electron chi connectivity index (χ4n) is 5.88. The van der Waals surface area contributed by atoms with Gasteiger partial charge in [0.25, 0.3) is 0 Å². The van der Waals surface area contributed by atoms with Gasteiger partial charge in [0.05, 0.1) is 29.5 Å². The van der Waals surface area contributed by atoms with E-state index in [1.54, 1.807) is 42.0 Å². The monoisotopic (exact) mass is 567 g/mol. The number of hydrogen-bond acceptors (Lipinski definition) is 6. The lowest BCUT2D eigenvalue weighted by molar-refractivity contribution is -0.124. The number of pyridine rings is 3. The minimum Gasteiger partial charge on any atom is -0.304 e. The largest absolute Gasteiger partial charge is 0.404 e. The molecule has 0 bridgehead atoms. The highest BCUT2D eigenvalue weighted by atomic mass is 32.2. The molecular formula is C28H24F3N5O3S. The van der Waals surface area contributed by atoms with Gasteiger partial charge in [-0.2, -0.15) is 13.2 Å². The summed E-state index contributed by atoms with van der Waals surface area (Å²) in [4.78, 5) is 29.0. The third-order valence-corrected chi connectivity index (χ3v) is 9.56. The Hall–Kier alpha value is -3.90. The summed E-state index contributed by atoms with van der Waals surface area (Å²) in [6.45, 7) is -0.242. The standard InChI is InChI=1S/C28H24F3N5O3S/c29-28(30,31)18-40(38,39)35-12-8-27(9-13-35)22-7-11-33-16-24(22)36(26(27)37)17-23-25(20-5-3-10-32-14-20)21-6-2-1-4-19(21)15-34-23/h1-7,10-11,14-16H,8-9,12-13,17-18H2. The van der Waals surface area contributed by atoms with Gasteiger partial charge in [-0.1, -0.05) is 30.3 Å². The van der Waals surface area contributed by atoms with E-state index in [1.165, 1.54) is 0 Å². The summed E-state index contributed by atoms with van der Waals surface area (Å²) in [5, 5.41) is 1.89. The first-order chi connectivity index (χ1) is 19.1. The van der Waals surface area contributed by atoms with Crippen LogP contribution in [0.25, 0.3) is 21.9 Å². The minimum absolute atomic E-state index is 0.0665. The number of benzene rings is 1. The van der Waals surface area contributed by atoms with E-state index in [4.69, 9.17) is 4.98 Å². The molecule has 206 valence electrons. The predicted octanol–water partition coefficient (Wildman–Crippen LogP) is 4.46. The maximum absolute atomic E-state index is 14.2. The quantitative estimate of drug-likeness (QED) is 0.353. The van der Waals surface area contributed by atoms with Crippen LogP contribution >= 0.6 is 0 Å². The Morgan fingerprint density at radius 1 is 0.925 bits per heavy atom. The third kappa shape index (κ3) is 4.50. The Morgan fingerprint density at radius 2 is 1.68 bits per heavy atom. The molecule has 1 saturated heterocycles. The number of halogens is 3. The van der Waals surface area contributed by atoms with Crippen LogP contribution in [-0.4, -0.2) is 58.6 Å². The topological polar surface area (TPSA) is 96.4 Å². The minimum atomic E-state index is -4.84. The average molecular weight is 568 g/mol. The zero-order valence-corrected chi connectivity index (χ0v) is 22.0. The van der Waals surface area contributed by atoms with Crippen LogP contribution in [0.4, 0.5) is 18.9 Å². The Morgan fingerprint density at radius 3 is 2.40 bits per heavy atom. The van der Waals surface area contributed by atoms with Crippen LogP contribution in [0.5, 0.6) is 0 Å². The summed E-state index contributed by atoms with van der Waals surface area (Å²) in [5.41, 5.74) is 2.57. The zero-order valence-electron chi connectivity index (χ0n) is 21.2. The molecule has 4 aromatic rings. The number of hydrogen-bond donors (Lipinski definition) is 0. The van der Waals surface area contributed by atoms with E-state index in [-0.39, 0.29) is 38.4 Å². The lowest BCUT2D eigenvalue weighted by atomic mass is 9.74. The van der Waals surface area contributed by atoms with Crippen LogP contribution in [0.2, 0.25) is 0 Å². The first-order valence-electron chi connectivity index (χ1n) is 12.7. The van der Waals surface area contributed by atoms with Crippen molar-refractivity contribution in [2.24, 2.45) is 0 Å². The van der Waals surface area contributed by atoms with Gasteiger partial charge in [0.1, 0.15) is 0 Å². The molecule has 6 rings (SSSR count). The van der Waals surface area contributed by atoms with Crippen molar-refractivity contribution >= 4 is 32.4 Å². The molecule has 8 nitrogen and oxygen atoms in total. The van der Waals surface area contributed by atoms with E-state index < -0.39 is 27.4 Å². The number of sulfonamides is 1. The zero-order chi connectivity index (χ0) is 28.1. The van der Waals surface area contributed by atoms with Gasteiger partial charge in [-0.05, 0) is 35.9 Å². The van der Waals surface area contributed by atoms with Crippen LogP contribution < -0.4 is 4.90 Å². The second-order valence-corrected chi connectivity index (χ2v) is 12.0. The number of carbonyl (C=O) groups excluding carboxylic acids is 1. The fraction of sp³-hybridized carbons (Fsp3) is 0.286. The van der Waals surface area contributed by atoms with Crippen LogP contribution in [0.1, 0.15) is 24.1 Å².